The first-order chi connectivity index (χ1) is 7.63. The van der Waals surface area contributed by atoms with Gasteiger partial charge in [-0.25, -0.2) is 0 Å². The lowest BCUT2D eigenvalue weighted by Gasteiger charge is -2.12. The summed E-state index contributed by atoms with van der Waals surface area (Å²) in [4.78, 5) is 13.6. The number of hydrogen-bond acceptors (Lipinski definition) is 2. The molecule has 0 radical (unpaired) electrons. The average molecular weight is 284 g/mol. The first-order valence-corrected chi connectivity index (χ1v) is 6.01. The number of hydrogen-bond donors (Lipinski definition) is 0. The molecule has 0 saturated carbocycles. The fourth-order valence-corrected chi connectivity index (χ4v) is 2.43. The van der Waals surface area contributed by atoms with Gasteiger partial charge in [0.15, 0.2) is 0 Å². The molecule has 1 aliphatic heterocycles. The molecule has 1 saturated heterocycles. The topological polar surface area (TPSA) is 29.5 Å². The minimum atomic E-state index is -0.00741. The van der Waals surface area contributed by atoms with Crippen molar-refractivity contribution in [3.05, 3.63) is 28.2 Å². The van der Waals surface area contributed by atoms with Gasteiger partial charge < -0.3 is 9.64 Å². The third-order valence-electron chi connectivity index (χ3n) is 3.01. The second kappa shape index (κ2) is 4.45. The molecular formula is C12H14BrNO2. The Balaban J connectivity index is 2.31. The van der Waals surface area contributed by atoms with Crippen LogP contribution in [0.2, 0.25) is 0 Å². The van der Waals surface area contributed by atoms with Crippen molar-refractivity contribution >= 4 is 21.8 Å². The van der Waals surface area contributed by atoms with Gasteiger partial charge in [-0.1, -0.05) is 6.07 Å². The zero-order valence-electron chi connectivity index (χ0n) is 9.37. The highest BCUT2D eigenvalue weighted by Gasteiger charge is 2.30. The summed E-state index contributed by atoms with van der Waals surface area (Å²) >= 11 is 3.41. The summed E-state index contributed by atoms with van der Waals surface area (Å²) in [6, 6.07) is 5.85. The smallest absolute Gasteiger partial charge is 0.229 e. The van der Waals surface area contributed by atoms with Crippen molar-refractivity contribution in [3.8, 4) is 5.75 Å². The Morgan fingerprint density at radius 1 is 1.50 bits per heavy atom. The van der Waals surface area contributed by atoms with E-state index in [-0.39, 0.29) is 11.8 Å². The Labute approximate surface area is 104 Å². The molecule has 0 spiro atoms. The molecular weight excluding hydrogens is 270 g/mol. The maximum atomic E-state index is 11.9. The minimum absolute atomic E-state index is 0.00741. The maximum absolute atomic E-state index is 11.9. The number of ether oxygens (including phenoxy) is 1. The van der Waals surface area contributed by atoms with Gasteiger partial charge in [-0.3, -0.25) is 4.79 Å². The number of rotatable bonds is 2. The van der Waals surface area contributed by atoms with E-state index in [0.29, 0.717) is 0 Å². The van der Waals surface area contributed by atoms with Crippen LogP contribution in [0.5, 0.6) is 5.75 Å². The summed E-state index contributed by atoms with van der Waals surface area (Å²) in [6.45, 7) is 0.835. The number of carbonyl (C=O) groups is 1. The van der Waals surface area contributed by atoms with E-state index in [1.807, 2.05) is 25.2 Å². The molecule has 1 atom stereocenters. The van der Waals surface area contributed by atoms with Gasteiger partial charge in [0.2, 0.25) is 5.91 Å². The van der Waals surface area contributed by atoms with Gasteiger partial charge in [-0.2, -0.15) is 0 Å². The molecule has 16 heavy (non-hydrogen) atoms. The Morgan fingerprint density at radius 2 is 2.25 bits per heavy atom. The van der Waals surface area contributed by atoms with Gasteiger partial charge in [-0.05, 0) is 40.0 Å². The van der Waals surface area contributed by atoms with E-state index in [2.05, 4.69) is 15.9 Å². The Morgan fingerprint density at radius 3 is 2.81 bits per heavy atom. The lowest BCUT2D eigenvalue weighted by Crippen LogP contribution is -2.21. The Hall–Kier alpha value is -1.03. The highest BCUT2D eigenvalue weighted by molar-refractivity contribution is 9.10. The zero-order valence-corrected chi connectivity index (χ0v) is 11.0. The predicted molar refractivity (Wildman–Crippen MR) is 65.7 cm³/mol. The molecule has 1 unspecified atom stereocenters. The second-order valence-corrected chi connectivity index (χ2v) is 4.85. The molecule has 0 N–H and O–H groups in total. The van der Waals surface area contributed by atoms with Crippen molar-refractivity contribution in [1.82, 2.24) is 4.90 Å². The quantitative estimate of drug-likeness (QED) is 0.834. The van der Waals surface area contributed by atoms with Crippen molar-refractivity contribution in [2.45, 2.75) is 12.3 Å². The number of methoxy groups -OCH3 is 1. The molecule has 2 rings (SSSR count). The summed E-state index contributed by atoms with van der Waals surface area (Å²) in [5.41, 5.74) is 1.04. The fourth-order valence-electron chi connectivity index (χ4n) is 2.02. The van der Waals surface area contributed by atoms with Crippen molar-refractivity contribution in [2.24, 2.45) is 0 Å². The van der Waals surface area contributed by atoms with Crippen LogP contribution in [0.4, 0.5) is 0 Å². The number of nitrogens with zero attached hydrogens (tertiary/aromatic N) is 1. The highest BCUT2D eigenvalue weighted by atomic mass is 79.9. The molecule has 1 aromatic carbocycles. The zero-order chi connectivity index (χ0) is 11.7. The van der Waals surface area contributed by atoms with Crippen LogP contribution in [0.15, 0.2) is 22.7 Å². The first kappa shape index (κ1) is 11.5. The van der Waals surface area contributed by atoms with Crippen LogP contribution in [0.25, 0.3) is 0 Å². The van der Waals surface area contributed by atoms with E-state index in [9.17, 15) is 4.79 Å². The highest BCUT2D eigenvalue weighted by Crippen LogP contribution is 2.33. The number of benzene rings is 1. The molecule has 3 nitrogen and oxygen atoms in total. The molecule has 1 aromatic rings. The number of carbonyl (C=O) groups excluding carboxylic acids is 1. The molecule has 0 aliphatic carbocycles. The van der Waals surface area contributed by atoms with Crippen LogP contribution in [0.1, 0.15) is 17.9 Å². The van der Waals surface area contributed by atoms with Crippen LogP contribution in [0.3, 0.4) is 0 Å². The van der Waals surface area contributed by atoms with E-state index in [4.69, 9.17) is 4.74 Å². The van der Waals surface area contributed by atoms with E-state index < -0.39 is 0 Å². The van der Waals surface area contributed by atoms with Gasteiger partial charge in [-0.15, -0.1) is 0 Å². The number of halogens is 1. The van der Waals surface area contributed by atoms with E-state index >= 15 is 0 Å². The standard InChI is InChI=1S/C12H14BrNO2/c1-14-6-5-9(12(14)15)8-3-4-10(13)11(7-8)16-2/h3-4,7,9H,5-6H2,1-2H3. The average Bonchev–Trinajstić information content (AvgIpc) is 2.61. The van der Waals surface area contributed by atoms with E-state index in [1.54, 1.807) is 12.0 Å². The number of likely N-dealkylation sites (tertiary alicyclic amines) is 1. The van der Waals surface area contributed by atoms with Gasteiger partial charge in [0.1, 0.15) is 5.75 Å². The van der Waals surface area contributed by atoms with Gasteiger partial charge in [0.25, 0.3) is 0 Å². The molecule has 1 heterocycles. The third-order valence-corrected chi connectivity index (χ3v) is 3.66. The predicted octanol–water partition coefficient (Wildman–Crippen LogP) is 2.40. The van der Waals surface area contributed by atoms with Gasteiger partial charge in [0.05, 0.1) is 17.5 Å². The summed E-state index contributed by atoms with van der Waals surface area (Å²) in [7, 11) is 3.48. The number of amides is 1. The van der Waals surface area contributed by atoms with Crippen LogP contribution in [0, 0.1) is 0 Å². The molecule has 1 fully saturated rings. The van der Waals surface area contributed by atoms with Crippen LogP contribution in [-0.2, 0) is 4.79 Å². The van der Waals surface area contributed by atoms with Gasteiger partial charge in [0, 0.05) is 13.6 Å². The van der Waals surface area contributed by atoms with Crippen molar-refractivity contribution in [1.29, 1.82) is 0 Å². The van der Waals surface area contributed by atoms with Crippen molar-refractivity contribution < 1.29 is 9.53 Å². The van der Waals surface area contributed by atoms with Crippen LogP contribution < -0.4 is 4.74 Å². The summed E-state index contributed by atoms with van der Waals surface area (Å²) in [6.07, 6.45) is 0.889. The lowest BCUT2D eigenvalue weighted by atomic mass is 9.97. The molecule has 1 aliphatic rings. The Kier molecular flexibility index (Phi) is 3.19. The van der Waals surface area contributed by atoms with E-state index in [0.717, 1.165) is 28.8 Å². The Bertz CT molecular complexity index is 419. The van der Waals surface area contributed by atoms with Crippen LogP contribution in [-0.4, -0.2) is 31.5 Å². The monoisotopic (exact) mass is 283 g/mol. The first-order valence-electron chi connectivity index (χ1n) is 5.22. The summed E-state index contributed by atoms with van der Waals surface area (Å²) < 4.78 is 6.15. The third kappa shape index (κ3) is 1.94. The largest absolute Gasteiger partial charge is 0.496 e. The molecule has 1 amide bonds. The summed E-state index contributed by atoms with van der Waals surface area (Å²) in [5, 5.41) is 0. The fraction of sp³-hybridized carbons (Fsp3) is 0.417. The minimum Gasteiger partial charge on any atom is -0.496 e. The van der Waals surface area contributed by atoms with Crippen molar-refractivity contribution in [3.63, 3.8) is 0 Å². The molecule has 0 bridgehead atoms. The van der Waals surface area contributed by atoms with Crippen LogP contribution >= 0.6 is 15.9 Å². The number of likely N-dealkylation sites (N-methyl/N-ethyl adjacent to an activating group) is 1. The molecule has 86 valence electrons. The van der Waals surface area contributed by atoms with E-state index in [1.165, 1.54) is 0 Å². The normalized spacial score (nSPS) is 20.3. The molecule has 4 heteroatoms. The van der Waals surface area contributed by atoms with Crippen molar-refractivity contribution in [2.75, 3.05) is 20.7 Å². The SMILES string of the molecule is COc1cc(C2CCN(C)C2=O)ccc1Br. The summed E-state index contributed by atoms with van der Waals surface area (Å²) in [5.74, 6) is 0.969. The second-order valence-electron chi connectivity index (χ2n) is 4.00. The maximum Gasteiger partial charge on any atom is 0.229 e. The van der Waals surface area contributed by atoms with Gasteiger partial charge >= 0.3 is 0 Å². The molecule has 0 aromatic heterocycles. The lowest BCUT2D eigenvalue weighted by molar-refractivity contribution is -0.127.